The van der Waals surface area contributed by atoms with Gasteiger partial charge in [0.25, 0.3) is 0 Å². The number of hydrogen-bond acceptors (Lipinski definition) is 7. The highest BCUT2D eigenvalue weighted by Crippen LogP contribution is 2.35. The van der Waals surface area contributed by atoms with Crippen molar-refractivity contribution in [2.75, 3.05) is 19.8 Å². The number of ether oxygens (including phenoxy) is 2. The van der Waals surface area contributed by atoms with Gasteiger partial charge in [-0.15, -0.1) is 22.7 Å². The molecule has 3 heterocycles. The first-order valence-corrected chi connectivity index (χ1v) is 10.1. The van der Waals surface area contributed by atoms with E-state index in [1.54, 1.807) is 18.3 Å². The lowest BCUT2D eigenvalue weighted by atomic mass is 9.92. The van der Waals surface area contributed by atoms with Crippen molar-refractivity contribution in [2.24, 2.45) is 11.7 Å². The molecule has 1 aliphatic rings. The molecule has 8 heteroatoms. The molecule has 1 atom stereocenters. The number of carbonyl (C=O) groups excluding carboxylic acids is 2. The number of nitrogens with two attached hydrogens (primary N) is 1. The number of thiophene rings is 2. The van der Waals surface area contributed by atoms with Gasteiger partial charge in [-0.1, -0.05) is 0 Å². The lowest BCUT2D eigenvalue weighted by Gasteiger charge is -2.26. The maximum atomic E-state index is 12.4. The van der Waals surface area contributed by atoms with Gasteiger partial charge in [-0.2, -0.15) is 0 Å². The van der Waals surface area contributed by atoms with Crippen LogP contribution in [-0.2, 0) is 20.8 Å². The molecule has 25 heavy (non-hydrogen) atoms. The van der Waals surface area contributed by atoms with Gasteiger partial charge in [0.15, 0.2) is 0 Å². The number of amides is 1. The molecule has 1 fully saturated rings. The monoisotopic (exact) mass is 382 g/mol. The Morgan fingerprint density at radius 2 is 2.20 bits per heavy atom. The minimum Gasteiger partial charge on any atom is -0.462 e. The van der Waals surface area contributed by atoms with Crippen LogP contribution in [-0.4, -0.2) is 37.7 Å². The summed E-state index contributed by atoms with van der Waals surface area (Å²) in [7, 11) is 0. The van der Waals surface area contributed by atoms with Crippen LogP contribution >= 0.6 is 22.7 Å². The van der Waals surface area contributed by atoms with Crippen molar-refractivity contribution in [1.29, 1.82) is 0 Å². The van der Waals surface area contributed by atoms with Gasteiger partial charge < -0.3 is 20.5 Å². The largest absolute Gasteiger partial charge is 0.462 e. The Balaban J connectivity index is 1.71. The van der Waals surface area contributed by atoms with Crippen LogP contribution in [0.3, 0.4) is 0 Å². The summed E-state index contributed by atoms with van der Waals surface area (Å²) in [5.74, 6) is -0.381. The normalized spacial score (nSPS) is 16.7. The Morgan fingerprint density at radius 3 is 2.92 bits per heavy atom. The van der Waals surface area contributed by atoms with Crippen LogP contribution in [0.25, 0.3) is 9.40 Å². The fourth-order valence-electron chi connectivity index (χ4n) is 2.98. The molecule has 0 aromatic carbocycles. The third-order valence-corrected chi connectivity index (χ3v) is 6.65. The molecule has 6 nitrogen and oxygen atoms in total. The van der Waals surface area contributed by atoms with Gasteiger partial charge >= 0.3 is 5.97 Å². The van der Waals surface area contributed by atoms with Crippen molar-refractivity contribution in [3.8, 4) is 0 Å². The topological polar surface area (TPSA) is 90.7 Å². The highest BCUT2D eigenvalue weighted by molar-refractivity contribution is 7.28. The van der Waals surface area contributed by atoms with E-state index in [0.717, 1.165) is 27.8 Å². The van der Waals surface area contributed by atoms with Gasteiger partial charge in [0.05, 0.1) is 17.3 Å². The summed E-state index contributed by atoms with van der Waals surface area (Å²) in [5.41, 5.74) is 6.94. The summed E-state index contributed by atoms with van der Waals surface area (Å²) in [4.78, 5) is 25.2. The Labute approximate surface area is 154 Å². The summed E-state index contributed by atoms with van der Waals surface area (Å²) >= 11 is 2.97. The highest BCUT2D eigenvalue weighted by atomic mass is 32.1. The maximum Gasteiger partial charge on any atom is 0.348 e. The predicted molar refractivity (Wildman–Crippen MR) is 99.0 cm³/mol. The van der Waals surface area contributed by atoms with E-state index in [0.29, 0.717) is 24.7 Å². The van der Waals surface area contributed by atoms with E-state index in [1.807, 2.05) is 11.4 Å². The molecule has 0 bridgehead atoms. The van der Waals surface area contributed by atoms with E-state index < -0.39 is 6.04 Å². The van der Waals surface area contributed by atoms with Crippen LogP contribution in [0, 0.1) is 5.92 Å². The smallest absolute Gasteiger partial charge is 0.348 e. The zero-order valence-electron chi connectivity index (χ0n) is 14.1. The molecule has 0 spiro atoms. The zero-order chi connectivity index (χ0) is 17.8. The second-order valence-corrected chi connectivity index (χ2v) is 7.91. The third kappa shape index (κ3) is 4.03. The van der Waals surface area contributed by atoms with Gasteiger partial charge in [0.2, 0.25) is 5.91 Å². The Kier molecular flexibility index (Phi) is 6.06. The molecule has 0 aliphatic carbocycles. The fourth-order valence-corrected chi connectivity index (χ4v) is 5.25. The molecule has 0 radical (unpaired) electrons. The van der Waals surface area contributed by atoms with Gasteiger partial charge in [0.1, 0.15) is 4.88 Å². The van der Waals surface area contributed by atoms with E-state index in [4.69, 9.17) is 15.2 Å². The van der Waals surface area contributed by atoms with Crippen molar-refractivity contribution in [3.05, 3.63) is 21.9 Å². The SMILES string of the molecule is CCOC(=O)c1sc2ccsc2c1CNC(=O)C(N)C1CCOCC1. The van der Waals surface area contributed by atoms with E-state index in [9.17, 15) is 9.59 Å². The Bertz CT molecular complexity index is 749. The summed E-state index contributed by atoms with van der Waals surface area (Å²) in [6.07, 6.45) is 1.60. The first kappa shape index (κ1) is 18.3. The van der Waals surface area contributed by atoms with E-state index in [1.165, 1.54) is 11.3 Å². The average Bonchev–Trinajstić information content (AvgIpc) is 3.21. The van der Waals surface area contributed by atoms with Crippen LogP contribution < -0.4 is 11.1 Å². The molecule has 0 saturated carbocycles. The minimum absolute atomic E-state index is 0.141. The quantitative estimate of drug-likeness (QED) is 0.749. The van der Waals surface area contributed by atoms with Crippen LogP contribution in [0.5, 0.6) is 0 Å². The Hall–Kier alpha value is -1.48. The van der Waals surface area contributed by atoms with Crippen molar-refractivity contribution < 1.29 is 19.1 Å². The molecule has 2 aromatic heterocycles. The molecule has 1 aliphatic heterocycles. The van der Waals surface area contributed by atoms with Gasteiger partial charge in [-0.05, 0) is 37.1 Å². The first-order chi connectivity index (χ1) is 12.1. The molecule has 1 saturated heterocycles. The first-order valence-electron chi connectivity index (χ1n) is 8.38. The predicted octanol–water partition coefficient (Wildman–Crippen LogP) is 2.51. The summed E-state index contributed by atoms with van der Waals surface area (Å²) in [5, 5.41) is 4.88. The summed E-state index contributed by atoms with van der Waals surface area (Å²) in [6, 6.07) is 1.43. The molecule has 3 rings (SSSR count). The number of hydrogen-bond donors (Lipinski definition) is 2. The Morgan fingerprint density at radius 1 is 1.44 bits per heavy atom. The maximum absolute atomic E-state index is 12.4. The number of rotatable bonds is 6. The average molecular weight is 383 g/mol. The van der Waals surface area contributed by atoms with Crippen molar-refractivity contribution in [2.45, 2.75) is 32.4 Å². The van der Waals surface area contributed by atoms with E-state index in [-0.39, 0.29) is 24.3 Å². The fraction of sp³-hybridized carbons (Fsp3) is 0.529. The number of fused-ring (bicyclic) bond motifs is 1. The van der Waals surface area contributed by atoms with E-state index in [2.05, 4.69) is 5.32 Å². The van der Waals surface area contributed by atoms with Crippen LogP contribution in [0.1, 0.15) is 35.0 Å². The van der Waals surface area contributed by atoms with Crippen LogP contribution in [0.15, 0.2) is 11.4 Å². The third-order valence-electron chi connectivity index (χ3n) is 4.37. The molecule has 1 unspecified atom stereocenters. The van der Waals surface area contributed by atoms with E-state index >= 15 is 0 Å². The molecule has 3 N–H and O–H groups in total. The van der Waals surface area contributed by atoms with Gasteiger partial charge in [-0.25, -0.2) is 4.79 Å². The molecule has 136 valence electrons. The van der Waals surface area contributed by atoms with Crippen molar-refractivity contribution in [3.63, 3.8) is 0 Å². The molecular weight excluding hydrogens is 360 g/mol. The van der Waals surface area contributed by atoms with Gasteiger partial charge in [0, 0.05) is 30.0 Å². The molecule has 1 amide bonds. The molecule has 2 aromatic rings. The summed E-state index contributed by atoms with van der Waals surface area (Å²) in [6.45, 7) is 3.69. The van der Waals surface area contributed by atoms with Crippen molar-refractivity contribution >= 4 is 43.9 Å². The lowest BCUT2D eigenvalue weighted by Crippen LogP contribution is -2.46. The van der Waals surface area contributed by atoms with Gasteiger partial charge in [-0.3, -0.25) is 4.79 Å². The number of nitrogens with one attached hydrogen (secondary N) is 1. The number of carbonyl (C=O) groups is 2. The van der Waals surface area contributed by atoms with Crippen LogP contribution in [0.4, 0.5) is 0 Å². The molecular formula is C17H22N2O4S2. The number of esters is 1. The lowest BCUT2D eigenvalue weighted by molar-refractivity contribution is -0.124. The minimum atomic E-state index is -0.549. The summed E-state index contributed by atoms with van der Waals surface area (Å²) < 4.78 is 12.5. The zero-order valence-corrected chi connectivity index (χ0v) is 15.7. The second-order valence-electron chi connectivity index (χ2n) is 5.94. The van der Waals surface area contributed by atoms with Crippen molar-refractivity contribution in [1.82, 2.24) is 5.32 Å². The standard InChI is InChI=1S/C17H22N2O4S2/c1-2-23-17(21)15-11(14-12(25-15)5-8-24-14)9-19-16(20)13(18)10-3-6-22-7-4-10/h5,8,10,13H,2-4,6-7,9,18H2,1H3,(H,19,20). The second kappa shape index (κ2) is 8.27. The van der Waals surface area contributed by atoms with Crippen LogP contribution in [0.2, 0.25) is 0 Å². The highest BCUT2D eigenvalue weighted by Gasteiger charge is 2.27.